The lowest BCUT2D eigenvalue weighted by Crippen LogP contribution is -2.46. The smallest absolute Gasteiger partial charge is 0.379 e. The first-order valence-electron chi connectivity index (χ1n) is 7.46. The van der Waals surface area contributed by atoms with Crippen LogP contribution in [-0.2, 0) is 19.6 Å². The Balaban J connectivity index is 2.45. The predicted molar refractivity (Wildman–Crippen MR) is 87.5 cm³/mol. The van der Waals surface area contributed by atoms with Gasteiger partial charge in [-0.1, -0.05) is 48.5 Å². The number of carbonyl (C=O) groups excluding carboxylic acids is 1. The molecular formula is C17H17F2NO4S. The van der Waals surface area contributed by atoms with E-state index in [1.807, 2.05) is 4.72 Å². The molecule has 0 amide bonds. The summed E-state index contributed by atoms with van der Waals surface area (Å²) in [4.78, 5) is 11.5. The third kappa shape index (κ3) is 4.40. The van der Waals surface area contributed by atoms with Crippen molar-refractivity contribution in [1.29, 1.82) is 0 Å². The van der Waals surface area contributed by atoms with E-state index in [0.29, 0.717) is 0 Å². The minimum atomic E-state index is -4.28. The van der Waals surface area contributed by atoms with Crippen molar-refractivity contribution in [1.82, 2.24) is 4.72 Å². The Hall–Kier alpha value is -2.32. The number of esters is 1. The van der Waals surface area contributed by atoms with Crippen LogP contribution in [0.5, 0.6) is 0 Å². The van der Waals surface area contributed by atoms with Gasteiger partial charge in [-0.05, 0) is 24.6 Å². The fraction of sp³-hybridized carbons (Fsp3) is 0.235. The molecule has 0 radical (unpaired) electrons. The molecule has 0 aliphatic carbocycles. The lowest BCUT2D eigenvalue weighted by Gasteiger charge is -2.26. The van der Waals surface area contributed by atoms with Crippen LogP contribution in [0.1, 0.15) is 18.5 Å². The second-order valence-electron chi connectivity index (χ2n) is 5.12. The third-order valence-corrected chi connectivity index (χ3v) is 4.81. The van der Waals surface area contributed by atoms with Crippen LogP contribution >= 0.6 is 0 Å². The molecule has 0 heterocycles. The topological polar surface area (TPSA) is 72.5 Å². The van der Waals surface area contributed by atoms with Crippen LogP contribution in [0.3, 0.4) is 0 Å². The zero-order valence-electron chi connectivity index (χ0n) is 13.4. The number of sulfonamides is 1. The molecule has 0 fully saturated rings. The highest BCUT2D eigenvalue weighted by atomic mass is 32.2. The molecular weight excluding hydrogens is 352 g/mol. The van der Waals surface area contributed by atoms with Crippen LogP contribution in [0.4, 0.5) is 8.78 Å². The van der Waals surface area contributed by atoms with Crippen molar-refractivity contribution in [3.63, 3.8) is 0 Å². The maximum atomic E-state index is 14.6. The molecule has 1 unspecified atom stereocenters. The molecule has 0 aliphatic heterocycles. The summed E-state index contributed by atoms with van der Waals surface area (Å²) < 4.78 is 60.4. The number of rotatable bonds is 7. The van der Waals surface area contributed by atoms with E-state index >= 15 is 0 Å². The summed E-state index contributed by atoms with van der Waals surface area (Å²) in [5, 5.41) is 0. The average molecular weight is 369 g/mol. The number of nitrogens with one attached hydrogen (secondary N) is 1. The van der Waals surface area contributed by atoms with Gasteiger partial charge in [-0.2, -0.15) is 13.5 Å². The Kier molecular flexibility index (Phi) is 5.86. The predicted octanol–water partition coefficient (Wildman–Crippen LogP) is 2.90. The SMILES string of the molecule is CCOC(=O)C(F)(F)C(NS(=O)(=O)c1ccccc1)c1ccccc1. The Labute approximate surface area is 144 Å². The van der Waals surface area contributed by atoms with Crippen molar-refractivity contribution < 1.29 is 26.7 Å². The molecule has 0 spiro atoms. The van der Waals surface area contributed by atoms with E-state index in [1.54, 1.807) is 12.1 Å². The fourth-order valence-electron chi connectivity index (χ4n) is 2.16. The minimum absolute atomic E-state index is 0.0555. The lowest BCUT2D eigenvalue weighted by molar-refractivity contribution is -0.175. The summed E-state index contributed by atoms with van der Waals surface area (Å²) >= 11 is 0. The van der Waals surface area contributed by atoms with Crippen molar-refractivity contribution in [2.24, 2.45) is 0 Å². The molecule has 0 saturated carbocycles. The first kappa shape index (κ1) is 19.0. The molecule has 1 atom stereocenters. The van der Waals surface area contributed by atoms with Gasteiger partial charge in [0, 0.05) is 0 Å². The average Bonchev–Trinajstić information content (AvgIpc) is 2.61. The summed E-state index contributed by atoms with van der Waals surface area (Å²) in [7, 11) is -4.28. The van der Waals surface area contributed by atoms with Gasteiger partial charge in [-0.15, -0.1) is 0 Å². The Morgan fingerprint density at radius 2 is 1.60 bits per heavy atom. The van der Waals surface area contributed by atoms with E-state index in [2.05, 4.69) is 4.74 Å². The highest BCUT2D eigenvalue weighted by Crippen LogP contribution is 2.34. The van der Waals surface area contributed by atoms with E-state index in [0.717, 1.165) is 0 Å². The standard InChI is InChI=1S/C17H17F2NO4S/c1-2-24-16(21)17(18,19)15(13-9-5-3-6-10-13)20-25(22,23)14-11-7-4-8-12-14/h3-12,15,20H,2H2,1H3. The van der Waals surface area contributed by atoms with E-state index in [4.69, 9.17) is 0 Å². The summed E-state index contributed by atoms with van der Waals surface area (Å²) in [6.45, 7) is 1.14. The normalized spacial score (nSPS) is 13.2. The van der Waals surface area contributed by atoms with Gasteiger partial charge in [-0.25, -0.2) is 13.2 Å². The third-order valence-electron chi connectivity index (χ3n) is 3.37. The number of halogens is 2. The molecule has 2 aromatic rings. The molecule has 0 aliphatic rings. The molecule has 8 heteroatoms. The van der Waals surface area contributed by atoms with Crippen LogP contribution < -0.4 is 4.72 Å². The summed E-state index contributed by atoms with van der Waals surface area (Å²) in [6, 6.07) is 12.1. The van der Waals surface area contributed by atoms with Crippen molar-refractivity contribution in [2.75, 3.05) is 6.61 Å². The zero-order chi connectivity index (χ0) is 18.5. The van der Waals surface area contributed by atoms with Gasteiger partial charge >= 0.3 is 11.9 Å². The van der Waals surface area contributed by atoms with Gasteiger partial charge in [-0.3, -0.25) is 0 Å². The van der Waals surface area contributed by atoms with E-state index in [-0.39, 0.29) is 17.1 Å². The largest absolute Gasteiger partial charge is 0.462 e. The van der Waals surface area contributed by atoms with Crippen molar-refractivity contribution in [3.05, 3.63) is 66.2 Å². The monoisotopic (exact) mass is 369 g/mol. The summed E-state index contributed by atoms with van der Waals surface area (Å²) in [6.07, 6.45) is 0. The van der Waals surface area contributed by atoms with Crippen LogP contribution in [0.2, 0.25) is 0 Å². The van der Waals surface area contributed by atoms with Crippen molar-refractivity contribution in [3.8, 4) is 0 Å². The number of ether oxygens (including phenoxy) is 1. The molecule has 1 N–H and O–H groups in total. The highest BCUT2D eigenvalue weighted by molar-refractivity contribution is 7.89. The summed E-state index contributed by atoms with van der Waals surface area (Å²) in [5.41, 5.74) is -0.0555. The van der Waals surface area contributed by atoms with Crippen molar-refractivity contribution in [2.45, 2.75) is 23.8 Å². The van der Waals surface area contributed by atoms with Gasteiger partial charge in [0.2, 0.25) is 10.0 Å². The van der Waals surface area contributed by atoms with E-state index < -0.39 is 28.0 Å². The second kappa shape index (κ2) is 7.71. The van der Waals surface area contributed by atoms with Gasteiger partial charge in [0.25, 0.3) is 0 Å². The zero-order valence-corrected chi connectivity index (χ0v) is 14.2. The van der Waals surface area contributed by atoms with Gasteiger partial charge < -0.3 is 4.74 Å². The molecule has 2 aromatic carbocycles. The first-order chi connectivity index (χ1) is 11.8. The molecule has 2 rings (SSSR count). The van der Waals surface area contributed by atoms with Crippen LogP contribution in [0, 0.1) is 0 Å². The van der Waals surface area contributed by atoms with Crippen LogP contribution in [0.25, 0.3) is 0 Å². The Morgan fingerprint density at radius 1 is 1.08 bits per heavy atom. The fourth-order valence-corrected chi connectivity index (χ4v) is 3.41. The molecule has 134 valence electrons. The first-order valence-corrected chi connectivity index (χ1v) is 8.94. The molecule has 5 nitrogen and oxygen atoms in total. The van der Waals surface area contributed by atoms with E-state index in [9.17, 15) is 22.0 Å². The molecule has 25 heavy (non-hydrogen) atoms. The van der Waals surface area contributed by atoms with Crippen LogP contribution in [0.15, 0.2) is 65.6 Å². The highest BCUT2D eigenvalue weighted by Gasteiger charge is 2.51. The quantitative estimate of drug-likeness (QED) is 0.762. The lowest BCUT2D eigenvalue weighted by atomic mass is 10.0. The van der Waals surface area contributed by atoms with Crippen molar-refractivity contribution >= 4 is 16.0 Å². The Bertz CT molecular complexity index is 811. The van der Waals surface area contributed by atoms with Gasteiger partial charge in [0.1, 0.15) is 6.04 Å². The number of hydrogen-bond donors (Lipinski definition) is 1. The molecule has 0 saturated heterocycles. The van der Waals surface area contributed by atoms with Gasteiger partial charge in [0.05, 0.1) is 11.5 Å². The summed E-state index contributed by atoms with van der Waals surface area (Å²) in [5.74, 6) is -5.88. The number of carbonyl (C=O) groups is 1. The molecule has 0 aromatic heterocycles. The Morgan fingerprint density at radius 3 is 2.12 bits per heavy atom. The number of benzene rings is 2. The van der Waals surface area contributed by atoms with Gasteiger partial charge in [0.15, 0.2) is 0 Å². The second-order valence-corrected chi connectivity index (χ2v) is 6.84. The maximum absolute atomic E-state index is 14.6. The molecule has 0 bridgehead atoms. The van der Waals surface area contributed by atoms with E-state index in [1.165, 1.54) is 55.5 Å². The minimum Gasteiger partial charge on any atom is -0.462 e. The maximum Gasteiger partial charge on any atom is 0.379 e. The number of alkyl halides is 2. The number of hydrogen-bond acceptors (Lipinski definition) is 4. The van der Waals surface area contributed by atoms with Crippen LogP contribution in [-0.4, -0.2) is 26.9 Å².